The Balaban J connectivity index is 3.44. The van der Waals surface area contributed by atoms with Crippen LogP contribution < -0.4 is 0 Å². The molecule has 0 N–H and O–H groups in total. The Morgan fingerprint density at radius 3 is 2.53 bits per heavy atom. The number of carbonyl (C=O) groups excluding carboxylic acids is 2. The Bertz CT molecular complexity index is 212. The van der Waals surface area contributed by atoms with Gasteiger partial charge in [-0.2, -0.15) is 4.89 Å². The van der Waals surface area contributed by atoms with Gasteiger partial charge in [-0.15, -0.1) is 6.58 Å². The summed E-state index contributed by atoms with van der Waals surface area (Å²) in [6.45, 7) is 5.78. The smallest absolute Gasteiger partial charge is 0.342 e. The zero-order valence-corrected chi connectivity index (χ0v) is 8.86. The normalized spacial score (nSPS) is 9.40. The molecule has 0 aliphatic carbocycles. The van der Waals surface area contributed by atoms with E-state index in [1.165, 1.54) is 6.08 Å². The van der Waals surface area contributed by atoms with E-state index in [0.717, 1.165) is 6.42 Å². The van der Waals surface area contributed by atoms with E-state index < -0.39 is 11.9 Å². The maximum Gasteiger partial charge on any atom is 0.342 e. The predicted molar refractivity (Wildman–Crippen MR) is 52.7 cm³/mol. The molecule has 0 aromatic heterocycles. The Morgan fingerprint density at radius 2 is 1.93 bits per heavy atom. The fourth-order valence-corrected chi connectivity index (χ4v) is 0.682. The lowest BCUT2D eigenvalue weighted by molar-refractivity contribution is -0.265. The van der Waals surface area contributed by atoms with Crippen molar-refractivity contribution in [3.63, 3.8) is 0 Å². The van der Waals surface area contributed by atoms with Crippen molar-refractivity contribution < 1.29 is 24.1 Å². The largest absolute Gasteiger partial charge is 0.466 e. The molecule has 0 amide bonds. The Labute approximate surface area is 88.9 Å². The van der Waals surface area contributed by atoms with Crippen molar-refractivity contribution in [2.75, 3.05) is 13.2 Å². The molecule has 0 fully saturated rings. The average Bonchev–Trinajstić information content (AvgIpc) is 2.24. The molecule has 5 nitrogen and oxygen atoms in total. The van der Waals surface area contributed by atoms with Crippen molar-refractivity contribution >= 4 is 11.9 Å². The lowest BCUT2D eigenvalue weighted by atomic mass is 10.3. The fourth-order valence-electron chi connectivity index (χ4n) is 0.682. The zero-order valence-electron chi connectivity index (χ0n) is 8.86. The minimum atomic E-state index is -0.592. The number of carbonyl (C=O) groups is 2. The van der Waals surface area contributed by atoms with Crippen LogP contribution in [0.25, 0.3) is 0 Å². The molecular weight excluding hydrogens is 200 g/mol. The summed E-state index contributed by atoms with van der Waals surface area (Å²) in [6.07, 6.45) is 2.18. The molecule has 15 heavy (non-hydrogen) atoms. The number of hydrogen-bond acceptors (Lipinski definition) is 5. The van der Waals surface area contributed by atoms with Crippen LogP contribution in [0.1, 0.15) is 26.2 Å². The third kappa shape index (κ3) is 8.96. The van der Waals surface area contributed by atoms with Gasteiger partial charge in [-0.25, -0.2) is 4.79 Å². The Kier molecular flexibility index (Phi) is 8.37. The number of esters is 1. The van der Waals surface area contributed by atoms with Gasteiger partial charge in [0.1, 0.15) is 6.61 Å². The molecule has 0 aliphatic rings. The highest BCUT2D eigenvalue weighted by molar-refractivity contribution is 5.77. The Hall–Kier alpha value is -1.36. The molecule has 5 heteroatoms. The molecule has 0 spiro atoms. The highest BCUT2D eigenvalue weighted by Crippen LogP contribution is 1.97. The van der Waals surface area contributed by atoms with E-state index in [9.17, 15) is 9.59 Å². The molecule has 0 rings (SSSR count). The first kappa shape index (κ1) is 13.6. The van der Waals surface area contributed by atoms with Crippen LogP contribution in [0.5, 0.6) is 0 Å². The summed E-state index contributed by atoms with van der Waals surface area (Å²) in [5.74, 6) is -0.997. The van der Waals surface area contributed by atoms with E-state index in [4.69, 9.17) is 4.74 Å². The van der Waals surface area contributed by atoms with Crippen molar-refractivity contribution in [1.29, 1.82) is 0 Å². The van der Waals surface area contributed by atoms with Crippen LogP contribution in [-0.4, -0.2) is 25.2 Å². The average molecular weight is 216 g/mol. The predicted octanol–water partition coefficient (Wildman–Crippen LogP) is 1.38. The van der Waals surface area contributed by atoms with Gasteiger partial charge in [0, 0.05) is 0 Å². The molecule has 0 heterocycles. The minimum Gasteiger partial charge on any atom is -0.466 e. The van der Waals surface area contributed by atoms with Crippen LogP contribution in [0.3, 0.4) is 0 Å². The summed E-state index contributed by atoms with van der Waals surface area (Å²) < 4.78 is 4.76. The summed E-state index contributed by atoms with van der Waals surface area (Å²) in [5.41, 5.74) is 0. The fraction of sp³-hybridized carbons (Fsp3) is 0.600. The lowest BCUT2D eigenvalue weighted by Crippen LogP contribution is -2.11. The molecule has 0 aliphatic heterocycles. The summed E-state index contributed by atoms with van der Waals surface area (Å²) in [5, 5.41) is 0. The maximum absolute atomic E-state index is 10.9. The minimum absolute atomic E-state index is 0.0102. The third-order valence-electron chi connectivity index (χ3n) is 1.34. The highest BCUT2D eigenvalue weighted by Gasteiger charge is 2.09. The van der Waals surface area contributed by atoms with E-state index in [1.807, 2.05) is 6.92 Å². The second kappa shape index (κ2) is 9.21. The van der Waals surface area contributed by atoms with Gasteiger partial charge in [0.25, 0.3) is 0 Å². The highest BCUT2D eigenvalue weighted by atomic mass is 17.2. The Morgan fingerprint density at radius 1 is 1.27 bits per heavy atom. The molecule has 0 aromatic carbocycles. The lowest BCUT2D eigenvalue weighted by Gasteiger charge is -2.02. The SMILES string of the molecule is C=CCOOC(=O)CCC(=O)OCCC. The summed E-state index contributed by atoms with van der Waals surface area (Å²) in [7, 11) is 0. The molecular formula is C10H16O5. The van der Waals surface area contributed by atoms with Crippen LogP contribution in [0, 0.1) is 0 Å². The topological polar surface area (TPSA) is 61.8 Å². The van der Waals surface area contributed by atoms with Crippen molar-refractivity contribution in [3.05, 3.63) is 12.7 Å². The van der Waals surface area contributed by atoms with Crippen LogP contribution >= 0.6 is 0 Å². The summed E-state index contributed by atoms with van der Waals surface area (Å²) in [4.78, 5) is 30.6. The quantitative estimate of drug-likeness (QED) is 0.202. The monoisotopic (exact) mass is 216 g/mol. The molecule has 0 unspecified atom stereocenters. The van der Waals surface area contributed by atoms with E-state index >= 15 is 0 Å². The van der Waals surface area contributed by atoms with Gasteiger partial charge in [-0.1, -0.05) is 13.0 Å². The van der Waals surface area contributed by atoms with Crippen LogP contribution in [0.15, 0.2) is 12.7 Å². The number of hydrogen-bond donors (Lipinski definition) is 0. The van der Waals surface area contributed by atoms with Gasteiger partial charge < -0.3 is 4.74 Å². The second-order valence-electron chi connectivity index (χ2n) is 2.75. The van der Waals surface area contributed by atoms with Crippen molar-refractivity contribution in [2.24, 2.45) is 0 Å². The summed E-state index contributed by atoms with van der Waals surface area (Å²) in [6, 6.07) is 0. The van der Waals surface area contributed by atoms with Crippen LogP contribution in [0.4, 0.5) is 0 Å². The van der Waals surface area contributed by atoms with Crippen LogP contribution in [0.2, 0.25) is 0 Å². The van der Waals surface area contributed by atoms with Gasteiger partial charge in [-0.3, -0.25) is 9.68 Å². The number of rotatable bonds is 8. The molecule has 0 saturated carbocycles. The van der Waals surface area contributed by atoms with Crippen molar-refractivity contribution in [2.45, 2.75) is 26.2 Å². The maximum atomic E-state index is 10.9. The third-order valence-corrected chi connectivity index (χ3v) is 1.34. The van der Waals surface area contributed by atoms with Crippen molar-refractivity contribution in [3.8, 4) is 0 Å². The van der Waals surface area contributed by atoms with Gasteiger partial charge in [0.05, 0.1) is 19.4 Å². The first-order valence-electron chi connectivity index (χ1n) is 4.79. The van der Waals surface area contributed by atoms with E-state index in [-0.39, 0.29) is 19.4 Å². The molecule has 0 bridgehead atoms. The van der Waals surface area contributed by atoms with Gasteiger partial charge >= 0.3 is 11.9 Å². The molecule has 86 valence electrons. The van der Waals surface area contributed by atoms with Gasteiger partial charge in [0.15, 0.2) is 0 Å². The standard InChI is InChI=1S/C10H16O5/c1-3-7-13-9(11)5-6-10(12)15-14-8-4-2/h4H,2-3,5-8H2,1H3. The second-order valence-corrected chi connectivity index (χ2v) is 2.75. The van der Waals surface area contributed by atoms with E-state index in [2.05, 4.69) is 16.4 Å². The van der Waals surface area contributed by atoms with Gasteiger partial charge in [-0.05, 0) is 6.42 Å². The first-order valence-corrected chi connectivity index (χ1v) is 4.79. The molecule has 0 radical (unpaired) electrons. The van der Waals surface area contributed by atoms with Gasteiger partial charge in [0.2, 0.25) is 0 Å². The number of ether oxygens (including phenoxy) is 1. The molecule has 0 atom stereocenters. The van der Waals surface area contributed by atoms with E-state index in [1.54, 1.807) is 0 Å². The zero-order chi connectivity index (χ0) is 11.5. The van der Waals surface area contributed by atoms with Crippen LogP contribution in [-0.2, 0) is 24.1 Å². The summed E-state index contributed by atoms with van der Waals surface area (Å²) >= 11 is 0. The molecule has 0 saturated heterocycles. The first-order chi connectivity index (χ1) is 7.20. The molecule has 0 aromatic rings. The van der Waals surface area contributed by atoms with Crippen molar-refractivity contribution in [1.82, 2.24) is 0 Å². The van der Waals surface area contributed by atoms with E-state index in [0.29, 0.717) is 6.61 Å².